The van der Waals surface area contributed by atoms with E-state index in [1.807, 2.05) is 31.2 Å². The fourth-order valence-electron chi connectivity index (χ4n) is 1.71. The van der Waals surface area contributed by atoms with Gasteiger partial charge < -0.3 is 15.8 Å². The molecule has 0 bridgehead atoms. The van der Waals surface area contributed by atoms with Crippen molar-refractivity contribution in [1.82, 2.24) is 0 Å². The van der Waals surface area contributed by atoms with E-state index in [-0.39, 0.29) is 29.8 Å². The third-order valence-electron chi connectivity index (χ3n) is 2.76. The molecule has 0 atom stereocenters. The molecule has 4 nitrogen and oxygen atoms in total. The molecular formula is C16H19FIN3O. The first-order chi connectivity index (χ1) is 10.1. The SMILES string of the molecule is Cc1ccc(NC(N)=NCCOc2cccc(F)c2)cc1.I. The predicted molar refractivity (Wildman–Crippen MR) is 98.6 cm³/mol. The van der Waals surface area contributed by atoms with Crippen LogP contribution in [0.1, 0.15) is 5.56 Å². The van der Waals surface area contributed by atoms with Crippen LogP contribution >= 0.6 is 24.0 Å². The Bertz CT molecular complexity index is 617. The van der Waals surface area contributed by atoms with Crippen LogP contribution in [0.3, 0.4) is 0 Å². The summed E-state index contributed by atoms with van der Waals surface area (Å²) in [7, 11) is 0. The number of anilines is 1. The number of hydrogen-bond donors (Lipinski definition) is 2. The highest BCUT2D eigenvalue weighted by molar-refractivity contribution is 14.0. The zero-order valence-electron chi connectivity index (χ0n) is 12.3. The number of guanidine groups is 1. The minimum atomic E-state index is -0.323. The van der Waals surface area contributed by atoms with Gasteiger partial charge in [0.15, 0.2) is 5.96 Å². The van der Waals surface area contributed by atoms with Gasteiger partial charge in [0.1, 0.15) is 18.2 Å². The molecule has 118 valence electrons. The molecule has 2 aromatic carbocycles. The number of aliphatic imine (C=N–C) groups is 1. The summed E-state index contributed by atoms with van der Waals surface area (Å²) >= 11 is 0. The van der Waals surface area contributed by atoms with E-state index in [1.54, 1.807) is 12.1 Å². The first kappa shape index (κ1) is 18.2. The standard InChI is InChI=1S/C16H18FN3O.HI/c1-12-5-7-14(8-6-12)20-16(18)19-9-10-21-15-4-2-3-13(17)11-15;/h2-8,11H,9-10H2,1H3,(H3,18,19,20);1H. The minimum absolute atomic E-state index is 0. The molecule has 0 amide bonds. The fourth-order valence-corrected chi connectivity index (χ4v) is 1.71. The van der Waals surface area contributed by atoms with Gasteiger partial charge in [0, 0.05) is 11.8 Å². The van der Waals surface area contributed by atoms with Gasteiger partial charge in [-0.15, -0.1) is 24.0 Å². The molecule has 2 rings (SSSR count). The fraction of sp³-hybridized carbons (Fsp3) is 0.188. The topological polar surface area (TPSA) is 59.6 Å². The zero-order valence-corrected chi connectivity index (χ0v) is 14.6. The first-order valence-corrected chi connectivity index (χ1v) is 6.65. The van der Waals surface area contributed by atoms with Gasteiger partial charge in [0.05, 0.1) is 6.54 Å². The summed E-state index contributed by atoms with van der Waals surface area (Å²) in [6.07, 6.45) is 0. The van der Waals surface area contributed by atoms with Crippen molar-refractivity contribution in [2.24, 2.45) is 10.7 Å². The second-order valence-electron chi connectivity index (χ2n) is 4.56. The van der Waals surface area contributed by atoms with Gasteiger partial charge in [-0.2, -0.15) is 0 Å². The second kappa shape index (κ2) is 9.24. The van der Waals surface area contributed by atoms with E-state index in [0.29, 0.717) is 24.9 Å². The lowest BCUT2D eigenvalue weighted by Crippen LogP contribution is -2.23. The van der Waals surface area contributed by atoms with Crippen molar-refractivity contribution >= 4 is 35.6 Å². The normalized spacial score (nSPS) is 10.7. The molecule has 0 saturated carbocycles. The van der Waals surface area contributed by atoms with Crippen molar-refractivity contribution in [2.75, 3.05) is 18.5 Å². The average Bonchev–Trinajstić information content (AvgIpc) is 2.46. The summed E-state index contributed by atoms with van der Waals surface area (Å²) in [6, 6.07) is 13.8. The Hall–Kier alpha value is -1.83. The molecule has 0 fully saturated rings. The van der Waals surface area contributed by atoms with E-state index in [4.69, 9.17) is 10.5 Å². The van der Waals surface area contributed by atoms with Crippen LogP contribution in [-0.2, 0) is 0 Å². The van der Waals surface area contributed by atoms with Crippen molar-refractivity contribution < 1.29 is 9.13 Å². The van der Waals surface area contributed by atoms with E-state index < -0.39 is 0 Å². The van der Waals surface area contributed by atoms with Gasteiger partial charge in [0.25, 0.3) is 0 Å². The maximum Gasteiger partial charge on any atom is 0.193 e. The molecule has 0 saturated heterocycles. The summed E-state index contributed by atoms with van der Waals surface area (Å²) < 4.78 is 18.3. The minimum Gasteiger partial charge on any atom is -0.492 e. The lowest BCUT2D eigenvalue weighted by atomic mass is 10.2. The predicted octanol–water partition coefficient (Wildman–Crippen LogP) is 3.56. The highest BCUT2D eigenvalue weighted by Crippen LogP contribution is 2.11. The molecule has 0 aliphatic carbocycles. The summed E-state index contributed by atoms with van der Waals surface area (Å²) in [4.78, 5) is 4.14. The Morgan fingerprint density at radius 3 is 2.64 bits per heavy atom. The monoisotopic (exact) mass is 415 g/mol. The quantitative estimate of drug-likeness (QED) is 0.340. The average molecular weight is 415 g/mol. The van der Waals surface area contributed by atoms with E-state index in [1.165, 1.54) is 17.7 Å². The molecular weight excluding hydrogens is 396 g/mol. The number of ether oxygens (including phenoxy) is 1. The molecule has 0 spiro atoms. The van der Waals surface area contributed by atoms with Crippen LogP contribution < -0.4 is 15.8 Å². The van der Waals surface area contributed by atoms with Gasteiger partial charge in [-0.25, -0.2) is 9.38 Å². The Kier molecular flexibility index (Phi) is 7.65. The van der Waals surface area contributed by atoms with Gasteiger partial charge in [-0.05, 0) is 31.2 Å². The molecule has 0 aliphatic rings. The summed E-state index contributed by atoms with van der Waals surface area (Å²) in [5.41, 5.74) is 7.83. The summed E-state index contributed by atoms with van der Waals surface area (Å²) in [5.74, 6) is 0.480. The van der Waals surface area contributed by atoms with Gasteiger partial charge in [-0.3, -0.25) is 0 Å². The second-order valence-corrected chi connectivity index (χ2v) is 4.56. The highest BCUT2D eigenvalue weighted by Gasteiger charge is 1.97. The van der Waals surface area contributed by atoms with Crippen LogP contribution in [0.25, 0.3) is 0 Å². The summed E-state index contributed by atoms with van der Waals surface area (Å²) in [5, 5.41) is 2.99. The van der Waals surface area contributed by atoms with Crippen molar-refractivity contribution in [3.05, 3.63) is 59.9 Å². The number of nitrogens with zero attached hydrogens (tertiary/aromatic N) is 1. The van der Waals surface area contributed by atoms with Crippen LogP contribution in [0, 0.1) is 12.7 Å². The summed E-state index contributed by atoms with van der Waals surface area (Å²) in [6.45, 7) is 2.74. The van der Waals surface area contributed by atoms with E-state index in [9.17, 15) is 4.39 Å². The lowest BCUT2D eigenvalue weighted by molar-refractivity contribution is 0.327. The van der Waals surface area contributed by atoms with Crippen LogP contribution in [-0.4, -0.2) is 19.1 Å². The molecule has 0 aromatic heterocycles. The van der Waals surface area contributed by atoms with Crippen molar-refractivity contribution in [3.63, 3.8) is 0 Å². The van der Waals surface area contributed by atoms with E-state index >= 15 is 0 Å². The first-order valence-electron chi connectivity index (χ1n) is 6.65. The third-order valence-corrected chi connectivity index (χ3v) is 2.76. The number of nitrogens with one attached hydrogen (secondary N) is 1. The van der Waals surface area contributed by atoms with Crippen LogP contribution in [0.4, 0.5) is 10.1 Å². The number of aryl methyl sites for hydroxylation is 1. The Morgan fingerprint density at radius 2 is 1.95 bits per heavy atom. The van der Waals surface area contributed by atoms with Crippen molar-refractivity contribution in [3.8, 4) is 5.75 Å². The Balaban J connectivity index is 0.00000242. The number of nitrogens with two attached hydrogens (primary N) is 1. The molecule has 0 heterocycles. The van der Waals surface area contributed by atoms with Crippen molar-refractivity contribution in [2.45, 2.75) is 6.92 Å². The molecule has 0 aliphatic heterocycles. The molecule has 0 unspecified atom stereocenters. The molecule has 22 heavy (non-hydrogen) atoms. The molecule has 6 heteroatoms. The number of benzene rings is 2. The number of rotatable bonds is 5. The maximum absolute atomic E-state index is 12.9. The smallest absolute Gasteiger partial charge is 0.193 e. The molecule has 2 aromatic rings. The van der Waals surface area contributed by atoms with E-state index in [2.05, 4.69) is 10.3 Å². The van der Waals surface area contributed by atoms with Gasteiger partial charge in [-0.1, -0.05) is 23.8 Å². The molecule has 0 radical (unpaired) electrons. The third kappa shape index (κ3) is 6.30. The van der Waals surface area contributed by atoms with E-state index in [0.717, 1.165) is 5.69 Å². The molecule has 3 N–H and O–H groups in total. The Labute approximate surface area is 146 Å². The zero-order chi connectivity index (χ0) is 15.1. The Morgan fingerprint density at radius 1 is 1.23 bits per heavy atom. The van der Waals surface area contributed by atoms with Crippen LogP contribution in [0.2, 0.25) is 0 Å². The number of halogens is 2. The lowest BCUT2D eigenvalue weighted by Gasteiger charge is -2.07. The number of hydrogen-bond acceptors (Lipinski definition) is 2. The maximum atomic E-state index is 12.9. The van der Waals surface area contributed by atoms with Crippen LogP contribution in [0.5, 0.6) is 5.75 Å². The van der Waals surface area contributed by atoms with Crippen LogP contribution in [0.15, 0.2) is 53.5 Å². The van der Waals surface area contributed by atoms with Crippen molar-refractivity contribution in [1.29, 1.82) is 0 Å². The van der Waals surface area contributed by atoms with Gasteiger partial charge >= 0.3 is 0 Å². The van der Waals surface area contributed by atoms with Gasteiger partial charge in [0.2, 0.25) is 0 Å². The highest BCUT2D eigenvalue weighted by atomic mass is 127. The largest absolute Gasteiger partial charge is 0.492 e.